The lowest BCUT2D eigenvalue weighted by atomic mass is 10.0. The van der Waals surface area contributed by atoms with E-state index in [1.54, 1.807) is 0 Å². The Bertz CT molecular complexity index is 149. The van der Waals surface area contributed by atoms with Crippen LogP contribution >= 0.6 is 0 Å². The van der Waals surface area contributed by atoms with Gasteiger partial charge in [0.25, 0.3) is 0 Å². The lowest BCUT2D eigenvalue weighted by Gasteiger charge is -2.18. The second-order valence-corrected chi connectivity index (χ2v) is 5.08. The maximum Gasteiger partial charge on any atom is 0.0109 e. The van der Waals surface area contributed by atoms with Crippen molar-refractivity contribution in [1.29, 1.82) is 0 Å². The topological polar surface area (TPSA) is 38.0 Å². The van der Waals surface area contributed by atoms with Gasteiger partial charge >= 0.3 is 0 Å². The highest BCUT2D eigenvalue weighted by atomic mass is 15.0. The van der Waals surface area contributed by atoms with Crippen LogP contribution in [0.15, 0.2) is 0 Å². The van der Waals surface area contributed by atoms with Crippen molar-refractivity contribution >= 4 is 0 Å². The summed E-state index contributed by atoms with van der Waals surface area (Å²) in [6.07, 6.45) is 5.18. The van der Waals surface area contributed by atoms with Crippen molar-refractivity contribution in [2.75, 3.05) is 6.54 Å². The first-order chi connectivity index (χ1) is 6.03. The van der Waals surface area contributed by atoms with Gasteiger partial charge in [-0.15, -0.1) is 0 Å². The Labute approximate surface area is 82.3 Å². The predicted molar refractivity (Wildman–Crippen MR) is 57.7 cm³/mol. The second-order valence-electron chi connectivity index (χ2n) is 5.08. The summed E-state index contributed by atoms with van der Waals surface area (Å²) in [7, 11) is 0. The van der Waals surface area contributed by atoms with E-state index < -0.39 is 0 Å². The molecule has 0 saturated heterocycles. The van der Waals surface area contributed by atoms with Crippen LogP contribution < -0.4 is 11.1 Å². The van der Waals surface area contributed by atoms with Gasteiger partial charge in [0.15, 0.2) is 0 Å². The molecule has 0 aromatic rings. The van der Waals surface area contributed by atoms with E-state index in [-0.39, 0.29) is 5.54 Å². The smallest absolute Gasteiger partial charge is 0.0109 e. The molecule has 0 heterocycles. The third-order valence-electron chi connectivity index (χ3n) is 2.76. The normalized spacial score (nSPS) is 27.7. The van der Waals surface area contributed by atoms with E-state index in [9.17, 15) is 0 Å². The van der Waals surface area contributed by atoms with Gasteiger partial charge in [-0.25, -0.2) is 0 Å². The van der Waals surface area contributed by atoms with Gasteiger partial charge in [0.05, 0.1) is 0 Å². The molecule has 0 radical (unpaired) electrons. The highest BCUT2D eigenvalue weighted by Crippen LogP contribution is 2.34. The summed E-state index contributed by atoms with van der Waals surface area (Å²) in [6.45, 7) is 7.52. The van der Waals surface area contributed by atoms with Crippen LogP contribution in [0.2, 0.25) is 0 Å². The molecule has 1 aliphatic rings. The fraction of sp³-hybridized carbons (Fsp3) is 1.00. The van der Waals surface area contributed by atoms with E-state index in [1.165, 1.54) is 19.3 Å². The molecule has 0 aromatic carbocycles. The molecule has 0 aromatic heterocycles. The zero-order valence-corrected chi connectivity index (χ0v) is 9.27. The summed E-state index contributed by atoms with van der Waals surface area (Å²) in [4.78, 5) is 0. The number of rotatable bonds is 6. The van der Waals surface area contributed by atoms with Gasteiger partial charge in [-0.3, -0.25) is 0 Å². The van der Waals surface area contributed by atoms with Crippen LogP contribution in [0.4, 0.5) is 0 Å². The van der Waals surface area contributed by atoms with Gasteiger partial charge in [0.1, 0.15) is 0 Å². The summed E-state index contributed by atoms with van der Waals surface area (Å²) in [6, 6.07) is 0.808. The van der Waals surface area contributed by atoms with Crippen molar-refractivity contribution < 1.29 is 0 Å². The molecule has 13 heavy (non-hydrogen) atoms. The molecule has 2 atom stereocenters. The standard InChI is InChI=1S/C11H24N2/c1-4-5-9-8-10(9)13-7-6-11(2,3)12/h9-10,13H,4-8,12H2,1-3H3. The van der Waals surface area contributed by atoms with Crippen LogP contribution in [-0.4, -0.2) is 18.1 Å². The summed E-state index contributed by atoms with van der Waals surface area (Å²) in [5, 5.41) is 3.57. The number of hydrogen-bond acceptors (Lipinski definition) is 2. The number of nitrogens with one attached hydrogen (secondary N) is 1. The van der Waals surface area contributed by atoms with Crippen molar-refractivity contribution in [2.24, 2.45) is 11.7 Å². The van der Waals surface area contributed by atoms with E-state index >= 15 is 0 Å². The fourth-order valence-electron chi connectivity index (χ4n) is 1.77. The average molecular weight is 184 g/mol. The molecule has 1 fully saturated rings. The molecule has 2 nitrogen and oxygen atoms in total. The first-order valence-electron chi connectivity index (χ1n) is 5.55. The molecule has 1 aliphatic carbocycles. The van der Waals surface area contributed by atoms with Gasteiger partial charge in [-0.2, -0.15) is 0 Å². The molecule has 78 valence electrons. The van der Waals surface area contributed by atoms with Gasteiger partial charge in [0, 0.05) is 11.6 Å². The summed E-state index contributed by atoms with van der Waals surface area (Å²) < 4.78 is 0. The fourth-order valence-corrected chi connectivity index (χ4v) is 1.77. The third kappa shape index (κ3) is 4.63. The minimum atomic E-state index is -0.0118. The molecular formula is C11H24N2. The Hall–Kier alpha value is -0.0800. The monoisotopic (exact) mass is 184 g/mol. The molecule has 1 rings (SSSR count). The van der Waals surface area contributed by atoms with Gasteiger partial charge in [-0.05, 0) is 45.6 Å². The minimum Gasteiger partial charge on any atom is -0.326 e. The molecular weight excluding hydrogens is 160 g/mol. The molecule has 0 amide bonds. The van der Waals surface area contributed by atoms with Crippen LogP contribution in [-0.2, 0) is 0 Å². The van der Waals surface area contributed by atoms with E-state index in [1.807, 2.05) is 0 Å². The molecule has 0 bridgehead atoms. The summed E-state index contributed by atoms with van der Waals surface area (Å²) in [5.41, 5.74) is 5.88. The highest BCUT2D eigenvalue weighted by Gasteiger charge is 2.35. The van der Waals surface area contributed by atoms with E-state index in [0.29, 0.717) is 0 Å². The quantitative estimate of drug-likeness (QED) is 0.661. The van der Waals surface area contributed by atoms with Crippen LogP contribution in [0.5, 0.6) is 0 Å². The SMILES string of the molecule is CCCC1CC1NCCC(C)(C)N. The van der Waals surface area contributed by atoms with Crippen LogP contribution in [0, 0.1) is 5.92 Å². The summed E-state index contributed by atoms with van der Waals surface area (Å²) in [5.74, 6) is 0.964. The van der Waals surface area contributed by atoms with Crippen LogP contribution in [0.25, 0.3) is 0 Å². The zero-order valence-electron chi connectivity index (χ0n) is 9.27. The van der Waals surface area contributed by atoms with Gasteiger partial charge in [0.2, 0.25) is 0 Å². The van der Waals surface area contributed by atoms with E-state index in [4.69, 9.17) is 5.73 Å². The van der Waals surface area contributed by atoms with Gasteiger partial charge < -0.3 is 11.1 Å². The Morgan fingerprint density at radius 3 is 2.69 bits per heavy atom. The first-order valence-corrected chi connectivity index (χ1v) is 5.55. The Morgan fingerprint density at radius 1 is 1.46 bits per heavy atom. The third-order valence-corrected chi connectivity index (χ3v) is 2.76. The van der Waals surface area contributed by atoms with Crippen molar-refractivity contribution in [1.82, 2.24) is 5.32 Å². The van der Waals surface area contributed by atoms with Crippen molar-refractivity contribution in [3.63, 3.8) is 0 Å². The van der Waals surface area contributed by atoms with Crippen LogP contribution in [0.1, 0.15) is 46.5 Å². The lowest BCUT2D eigenvalue weighted by molar-refractivity contribution is 0.448. The zero-order chi connectivity index (χ0) is 9.90. The maximum absolute atomic E-state index is 5.90. The summed E-state index contributed by atoms with van der Waals surface area (Å²) >= 11 is 0. The number of nitrogens with two attached hydrogens (primary N) is 1. The second kappa shape index (κ2) is 4.43. The molecule has 3 N–H and O–H groups in total. The minimum absolute atomic E-state index is 0.0118. The van der Waals surface area contributed by atoms with Crippen molar-refractivity contribution in [3.05, 3.63) is 0 Å². The van der Waals surface area contributed by atoms with E-state index in [2.05, 4.69) is 26.1 Å². The van der Waals surface area contributed by atoms with Crippen molar-refractivity contribution in [3.8, 4) is 0 Å². The van der Waals surface area contributed by atoms with Crippen LogP contribution in [0.3, 0.4) is 0 Å². The first kappa shape index (κ1) is 11.0. The molecule has 2 unspecified atom stereocenters. The Kier molecular flexibility index (Phi) is 3.74. The average Bonchev–Trinajstić information content (AvgIpc) is 2.66. The van der Waals surface area contributed by atoms with Crippen molar-refractivity contribution in [2.45, 2.75) is 58.0 Å². The molecule has 2 heteroatoms. The van der Waals surface area contributed by atoms with E-state index in [0.717, 1.165) is 24.9 Å². The number of hydrogen-bond donors (Lipinski definition) is 2. The maximum atomic E-state index is 5.90. The van der Waals surface area contributed by atoms with Gasteiger partial charge in [-0.1, -0.05) is 13.3 Å². The Balaban J connectivity index is 1.97. The molecule has 0 spiro atoms. The molecule has 1 saturated carbocycles. The largest absolute Gasteiger partial charge is 0.326 e. The Morgan fingerprint density at radius 2 is 2.15 bits per heavy atom. The lowest BCUT2D eigenvalue weighted by Crippen LogP contribution is -2.36. The predicted octanol–water partition coefficient (Wildman–Crippen LogP) is 1.89. The highest BCUT2D eigenvalue weighted by molar-refractivity contribution is 4.92. The molecule has 0 aliphatic heterocycles.